The van der Waals surface area contributed by atoms with E-state index in [0.29, 0.717) is 11.4 Å². The van der Waals surface area contributed by atoms with Crippen LogP contribution in [0.4, 0.5) is 5.69 Å². The van der Waals surface area contributed by atoms with Crippen LogP contribution in [-0.4, -0.2) is 21.4 Å². The number of hydrogen-bond donors (Lipinski definition) is 1. The molecule has 0 radical (unpaired) electrons. The van der Waals surface area contributed by atoms with Gasteiger partial charge in [-0.25, -0.2) is 4.52 Å². The molecule has 3 aromatic rings. The van der Waals surface area contributed by atoms with Crippen molar-refractivity contribution in [2.75, 3.05) is 11.2 Å². The second kappa shape index (κ2) is 5.97. The number of carbonyl (C=O) groups excluding carboxylic acids is 1. The Kier molecular flexibility index (Phi) is 3.88. The van der Waals surface area contributed by atoms with Gasteiger partial charge in [-0.2, -0.15) is 5.10 Å². The summed E-state index contributed by atoms with van der Waals surface area (Å²) in [5.41, 5.74) is 3.25. The molecule has 3 rings (SSSR count). The summed E-state index contributed by atoms with van der Waals surface area (Å²) in [6, 6.07) is 13.3. The first-order valence-electron chi connectivity index (χ1n) is 6.66. The van der Waals surface area contributed by atoms with Crippen molar-refractivity contribution in [3.63, 3.8) is 0 Å². The molecule has 0 saturated carbocycles. The number of amides is 1. The zero-order valence-electron chi connectivity index (χ0n) is 11.3. The van der Waals surface area contributed by atoms with E-state index in [1.54, 1.807) is 10.7 Å². The Bertz CT molecular complexity index is 765. The number of anilines is 1. The van der Waals surface area contributed by atoms with Crippen LogP contribution in [0.1, 0.15) is 15.9 Å². The van der Waals surface area contributed by atoms with E-state index in [9.17, 15) is 4.79 Å². The number of nitrogens with one attached hydrogen (secondary N) is 1. The number of carbonyl (C=O) groups is 1. The van der Waals surface area contributed by atoms with Gasteiger partial charge in [0.1, 0.15) is 0 Å². The maximum Gasteiger partial charge on any atom is 0.259 e. The molecule has 2 heterocycles. The molecule has 4 nitrogen and oxygen atoms in total. The Morgan fingerprint density at radius 1 is 1.19 bits per heavy atom. The van der Waals surface area contributed by atoms with Crippen molar-refractivity contribution in [1.82, 2.24) is 9.61 Å². The van der Waals surface area contributed by atoms with Crippen LogP contribution in [0.25, 0.3) is 5.52 Å². The molecule has 0 atom stereocenters. The Balaban J connectivity index is 1.79. The van der Waals surface area contributed by atoms with Crippen molar-refractivity contribution < 1.29 is 4.79 Å². The monoisotopic (exact) mass is 299 g/mol. The number of nitrogens with zero attached hydrogens (tertiary/aromatic N) is 2. The highest BCUT2D eigenvalue weighted by molar-refractivity contribution is 6.18. The maximum atomic E-state index is 12.3. The highest BCUT2D eigenvalue weighted by Crippen LogP contribution is 2.15. The summed E-state index contributed by atoms with van der Waals surface area (Å²) in [6.07, 6.45) is 4.21. The van der Waals surface area contributed by atoms with Gasteiger partial charge in [-0.05, 0) is 36.2 Å². The minimum atomic E-state index is -0.165. The number of halogens is 1. The number of aryl methyl sites for hydroxylation is 1. The first-order valence-corrected chi connectivity index (χ1v) is 7.20. The van der Waals surface area contributed by atoms with Crippen LogP contribution in [0, 0.1) is 0 Å². The van der Waals surface area contributed by atoms with Gasteiger partial charge in [-0.3, -0.25) is 4.79 Å². The molecular weight excluding hydrogens is 286 g/mol. The van der Waals surface area contributed by atoms with Crippen molar-refractivity contribution in [3.8, 4) is 0 Å². The van der Waals surface area contributed by atoms with Crippen molar-refractivity contribution in [3.05, 3.63) is 66.0 Å². The number of fused-ring (bicyclic) bond motifs is 1. The van der Waals surface area contributed by atoms with Crippen molar-refractivity contribution in [1.29, 1.82) is 0 Å². The summed E-state index contributed by atoms with van der Waals surface area (Å²) in [6.45, 7) is 0. The smallest absolute Gasteiger partial charge is 0.259 e. The molecule has 1 N–H and O–H groups in total. The highest BCUT2D eigenvalue weighted by atomic mass is 35.5. The van der Waals surface area contributed by atoms with Gasteiger partial charge in [0.25, 0.3) is 5.91 Å². The van der Waals surface area contributed by atoms with Gasteiger partial charge in [-0.15, -0.1) is 11.6 Å². The first kappa shape index (κ1) is 13.6. The maximum absolute atomic E-state index is 12.3. The second-order valence-corrected chi connectivity index (χ2v) is 5.06. The number of hydrogen-bond acceptors (Lipinski definition) is 2. The number of pyridine rings is 1. The molecule has 0 bridgehead atoms. The fourth-order valence-corrected chi connectivity index (χ4v) is 2.39. The highest BCUT2D eigenvalue weighted by Gasteiger charge is 2.12. The molecule has 0 saturated heterocycles. The van der Waals surface area contributed by atoms with E-state index in [-0.39, 0.29) is 5.91 Å². The Morgan fingerprint density at radius 2 is 2.00 bits per heavy atom. The number of benzene rings is 1. The van der Waals surface area contributed by atoms with Crippen LogP contribution in [0.15, 0.2) is 54.9 Å². The molecule has 0 unspecified atom stereocenters. The molecule has 21 heavy (non-hydrogen) atoms. The molecule has 1 amide bonds. The summed E-state index contributed by atoms with van der Waals surface area (Å²) in [4.78, 5) is 12.3. The standard InChI is InChI=1S/C16H14ClN3O/c17-9-8-12-4-6-13(7-5-12)19-16(21)14-11-18-20-10-2-1-3-15(14)20/h1-7,10-11H,8-9H2,(H,19,21). The van der Waals surface area contributed by atoms with Gasteiger partial charge in [0, 0.05) is 17.8 Å². The molecule has 0 aliphatic rings. The molecule has 0 fully saturated rings. The van der Waals surface area contributed by atoms with Crippen LogP contribution in [0.5, 0.6) is 0 Å². The van der Waals surface area contributed by atoms with Crippen molar-refractivity contribution in [2.45, 2.75) is 6.42 Å². The average molecular weight is 300 g/mol. The van der Waals surface area contributed by atoms with E-state index in [1.165, 1.54) is 0 Å². The normalized spacial score (nSPS) is 10.7. The summed E-state index contributed by atoms with van der Waals surface area (Å²) < 4.78 is 1.68. The lowest BCUT2D eigenvalue weighted by Gasteiger charge is -2.05. The van der Waals surface area contributed by atoms with E-state index in [0.717, 1.165) is 23.2 Å². The zero-order chi connectivity index (χ0) is 14.7. The average Bonchev–Trinajstić information content (AvgIpc) is 2.93. The molecule has 0 aliphatic heterocycles. The SMILES string of the molecule is O=C(Nc1ccc(CCCl)cc1)c1cnn2ccccc12. The van der Waals surface area contributed by atoms with E-state index < -0.39 is 0 Å². The molecule has 2 aromatic heterocycles. The van der Waals surface area contributed by atoms with Crippen molar-refractivity contribution >= 4 is 28.7 Å². The van der Waals surface area contributed by atoms with Gasteiger partial charge in [0.15, 0.2) is 0 Å². The fourth-order valence-electron chi connectivity index (χ4n) is 2.17. The lowest BCUT2D eigenvalue weighted by atomic mass is 10.1. The van der Waals surface area contributed by atoms with E-state index in [2.05, 4.69) is 10.4 Å². The van der Waals surface area contributed by atoms with Crippen LogP contribution in [0.2, 0.25) is 0 Å². The molecule has 106 valence electrons. The van der Waals surface area contributed by atoms with Crippen LogP contribution >= 0.6 is 11.6 Å². The molecule has 1 aromatic carbocycles. The fraction of sp³-hybridized carbons (Fsp3) is 0.125. The van der Waals surface area contributed by atoms with Crippen LogP contribution < -0.4 is 5.32 Å². The van der Waals surface area contributed by atoms with Crippen LogP contribution in [0.3, 0.4) is 0 Å². The third-order valence-corrected chi connectivity index (χ3v) is 3.46. The third kappa shape index (κ3) is 2.90. The largest absolute Gasteiger partial charge is 0.322 e. The van der Waals surface area contributed by atoms with Gasteiger partial charge >= 0.3 is 0 Å². The van der Waals surface area contributed by atoms with E-state index in [4.69, 9.17) is 11.6 Å². The quantitative estimate of drug-likeness (QED) is 0.751. The van der Waals surface area contributed by atoms with Gasteiger partial charge in [-0.1, -0.05) is 18.2 Å². The minimum Gasteiger partial charge on any atom is -0.322 e. The van der Waals surface area contributed by atoms with E-state index >= 15 is 0 Å². The number of alkyl halides is 1. The Morgan fingerprint density at radius 3 is 2.76 bits per heavy atom. The Hall–Kier alpha value is -2.33. The minimum absolute atomic E-state index is 0.165. The lowest BCUT2D eigenvalue weighted by molar-refractivity contribution is 0.102. The second-order valence-electron chi connectivity index (χ2n) is 4.68. The summed E-state index contributed by atoms with van der Waals surface area (Å²) in [5.74, 6) is 0.426. The third-order valence-electron chi connectivity index (χ3n) is 3.27. The van der Waals surface area contributed by atoms with Crippen LogP contribution in [-0.2, 0) is 6.42 Å². The number of rotatable bonds is 4. The first-order chi connectivity index (χ1) is 10.3. The predicted octanol–water partition coefficient (Wildman–Crippen LogP) is 3.37. The van der Waals surface area contributed by atoms with Crippen molar-refractivity contribution in [2.24, 2.45) is 0 Å². The topological polar surface area (TPSA) is 46.4 Å². The molecule has 5 heteroatoms. The summed E-state index contributed by atoms with van der Waals surface area (Å²) in [5, 5.41) is 7.04. The number of aromatic nitrogens is 2. The van der Waals surface area contributed by atoms with Gasteiger partial charge in [0.05, 0.1) is 17.3 Å². The zero-order valence-corrected chi connectivity index (χ0v) is 12.0. The molecule has 0 aliphatic carbocycles. The van der Waals surface area contributed by atoms with E-state index in [1.807, 2.05) is 48.7 Å². The molecule has 0 spiro atoms. The molecular formula is C16H14ClN3O. The van der Waals surface area contributed by atoms with Gasteiger partial charge in [0.2, 0.25) is 0 Å². The summed E-state index contributed by atoms with van der Waals surface area (Å²) in [7, 11) is 0. The Labute approximate surface area is 127 Å². The summed E-state index contributed by atoms with van der Waals surface area (Å²) >= 11 is 5.70. The lowest BCUT2D eigenvalue weighted by Crippen LogP contribution is -2.11. The van der Waals surface area contributed by atoms with Gasteiger partial charge < -0.3 is 5.32 Å². The predicted molar refractivity (Wildman–Crippen MR) is 84.0 cm³/mol.